The molecule has 2 atom stereocenters. The minimum Gasteiger partial charge on any atom is -0.327 e. The van der Waals surface area contributed by atoms with Gasteiger partial charge < -0.3 is 5.73 Å². The maximum atomic E-state index is 5.99. The van der Waals surface area contributed by atoms with Crippen LogP contribution in [-0.2, 0) is 6.54 Å². The van der Waals surface area contributed by atoms with E-state index in [0.717, 1.165) is 6.54 Å². The first-order chi connectivity index (χ1) is 6.07. The first-order valence-corrected chi connectivity index (χ1v) is 4.85. The molecule has 0 saturated heterocycles. The van der Waals surface area contributed by atoms with Crippen molar-refractivity contribution in [1.29, 1.82) is 0 Å². The summed E-state index contributed by atoms with van der Waals surface area (Å²) in [6, 6.07) is 0.307. The van der Waals surface area contributed by atoms with Crippen molar-refractivity contribution in [1.82, 2.24) is 9.78 Å². The number of nitrogens with two attached hydrogens (primary N) is 1. The van der Waals surface area contributed by atoms with E-state index in [1.807, 2.05) is 10.9 Å². The monoisotopic (exact) mass is 179 g/mol. The Kier molecular flexibility index (Phi) is 1.74. The van der Waals surface area contributed by atoms with Crippen LogP contribution in [0.4, 0.5) is 0 Å². The van der Waals surface area contributed by atoms with E-state index in [-0.39, 0.29) is 5.41 Å². The summed E-state index contributed by atoms with van der Waals surface area (Å²) in [4.78, 5) is 0. The second-order valence-corrected chi connectivity index (χ2v) is 4.45. The van der Waals surface area contributed by atoms with Crippen molar-refractivity contribution in [3.05, 3.63) is 18.0 Å². The Labute approximate surface area is 78.9 Å². The summed E-state index contributed by atoms with van der Waals surface area (Å²) >= 11 is 0. The lowest BCUT2D eigenvalue weighted by atomic mass is 10.1. The maximum absolute atomic E-state index is 5.99. The van der Waals surface area contributed by atoms with Gasteiger partial charge in [-0.2, -0.15) is 5.10 Å². The highest BCUT2D eigenvalue weighted by Gasteiger charge is 2.56. The second-order valence-electron chi connectivity index (χ2n) is 4.45. The van der Waals surface area contributed by atoms with E-state index >= 15 is 0 Å². The highest BCUT2D eigenvalue weighted by Crippen LogP contribution is 2.57. The quantitative estimate of drug-likeness (QED) is 0.744. The molecule has 1 aromatic heterocycles. The van der Waals surface area contributed by atoms with Gasteiger partial charge >= 0.3 is 0 Å². The van der Waals surface area contributed by atoms with Gasteiger partial charge in [-0.05, 0) is 17.9 Å². The normalized spacial score (nSPS) is 30.5. The minimum atomic E-state index is 0.265. The topological polar surface area (TPSA) is 43.8 Å². The molecule has 1 aliphatic carbocycles. The highest BCUT2D eigenvalue weighted by atomic mass is 15.3. The molecule has 1 saturated carbocycles. The largest absolute Gasteiger partial charge is 0.327 e. The van der Waals surface area contributed by atoms with Crippen LogP contribution in [0, 0.1) is 5.41 Å². The summed E-state index contributed by atoms with van der Waals surface area (Å²) < 4.78 is 1.95. The Morgan fingerprint density at radius 1 is 1.62 bits per heavy atom. The zero-order chi connectivity index (χ0) is 9.64. The van der Waals surface area contributed by atoms with Crippen molar-refractivity contribution in [3.8, 4) is 0 Å². The number of hydrogen-bond donors (Lipinski definition) is 1. The van der Waals surface area contributed by atoms with Gasteiger partial charge in [-0.15, -0.1) is 0 Å². The van der Waals surface area contributed by atoms with Crippen molar-refractivity contribution in [3.63, 3.8) is 0 Å². The molecule has 72 valence electrons. The molecule has 0 radical (unpaired) electrons. The minimum absolute atomic E-state index is 0.265. The SMILES string of the molecule is CCn1cc(C2C(N)C2(C)C)cn1. The Morgan fingerprint density at radius 3 is 2.62 bits per heavy atom. The molecule has 0 aromatic carbocycles. The molecule has 2 N–H and O–H groups in total. The van der Waals surface area contributed by atoms with E-state index in [4.69, 9.17) is 5.73 Å². The van der Waals surface area contributed by atoms with Crippen molar-refractivity contribution < 1.29 is 0 Å². The van der Waals surface area contributed by atoms with Gasteiger partial charge in [0, 0.05) is 24.7 Å². The Balaban J connectivity index is 2.19. The Hall–Kier alpha value is -0.830. The Morgan fingerprint density at radius 2 is 2.23 bits per heavy atom. The standard InChI is InChI=1S/C10H17N3/c1-4-13-6-7(5-12-13)8-9(11)10(8,2)3/h5-6,8-9H,4,11H2,1-3H3. The van der Waals surface area contributed by atoms with Gasteiger partial charge in [-0.3, -0.25) is 4.68 Å². The molecule has 2 rings (SSSR count). The van der Waals surface area contributed by atoms with Crippen LogP contribution in [0.5, 0.6) is 0 Å². The van der Waals surface area contributed by atoms with Crippen LogP contribution in [0.15, 0.2) is 12.4 Å². The highest BCUT2D eigenvalue weighted by molar-refractivity contribution is 5.30. The molecule has 0 spiro atoms. The number of aromatic nitrogens is 2. The predicted octanol–water partition coefficient (Wildman–Crippen LogP) is 1.35. The molecule has 0 bridgehead atoms. The van der Waals surface area contributed by atoms with Gasteiger partial charge in [-0.25, -0.2) is 0 Å². The molecular weight excluding hydrogens is 162 g/mol. The van der Waals surface area contributed by atoms with Crippen molar-refractivity contribution in [2.75, 3.05) is 0 Å². The predicted molar refractivity (Wildman–Crippen MR) is 52.4 cm³/mol. The molecule has 1 aliphatic rings. The number of nitrogens with zero attached hydrogens (tertiary/aromatic N) is 2. The smallest absolute Gasteiger partial charge is 0.0525 e. The summed E-state index contributed by atoms with van der Waals surface area (Å²) in [5, 5.41) is 4.26. The van der Waals surface area contributed by atoms with Crippen LogP contribution in [0.2, 0.25) is 0 Å². The van der Waals surface area contributed by atoms with Crippen LogP contribution >= 0.6 is 0 Å². The third-order valence-corrected chi connectivity index (χ3v) is 3.25. The van der Waals surface area contributed by atoms with E-state index < -0.39 is 0 Å². The van der Waals surface area contributed by atoms with E-state index in [0.29, 0.717) is 12.0 Å². The summed E-state index contributed by atoms with van der Waals surface area (Å²) in [5.74, 6) is 0.507. The fourth-order valence-electron chi connectivity index (χ4n) is 2.03. The van der Waals surface area contributed by atoms with E-state index in [1.54, 1.807) is 0 Å². The van der Waals surface area contributed by atoms with Crippen LogP contribution in [0.1, 0.15) is 32.3 Å². The average Bonchev–Trinajstić information content (AvgIpc) is 2.55. The lowest BCUT2D eigenvalue weighted by molar-refractivity contribution is 0.598. The number of aryl methyl sites for hydroxylation is 1. The van der Waals surface area contributed by atoms with Gasteiger partial charge in [0.1, 0.15) is 0 Å². The molecular formula is C10H17N3. The second kappa shape index (κ2) is 2.58. The molecule has 3 heteroatoms. The third-order valence-electron chi connectivity index (χ3n) is 3.25. The summed E-state index contributed by atoms with van der Waals surface area (Å²) in [6.45, 7) is 7.45. The zero-order valence-corrected chi connectivity index (χ0v) is 8.49. The average molecular weight is 179 g/mol. The molecule has 2 unspecified atom stereocenters. The molecule has 1 heterocycles. The van der Waals surface area contributed by atoms with Crippen molar-refractivity contribution in [2.45, 2.75) is 39.3 Å². The molecule has 13 heavy (non-hydrogen) atoms. The first kappa shape index (κ1) is 8.75. The van der Waals surface area contributed by atoms with Crippen LogP contribution in [0.25, 0.3) is 0 Å². The van der Waals surface area contributed by atoms with E-state index in [1.165, 1.54) is 5.56 Å². The molecule has 0 amide bonds. The van der Waals surface area contributed by atoms with Gasteiger partial charge in [0.05, 0.1) is 6.20 Å². The summed E-state index contributed by atoms with van der Waals surface area (Å²) in [6.07, 6.45) is 4.06. The van der Waals surface area contributed by atoms with Crippen LogP contribution in [0.3, 0.4) is 0 Å². The Bertz CT molecular complexity index is 314. The molecule has 3 nitrogen and oxygen atoms in total. The fraction of sp³-hybridized carbons (Fsp3) is 0.700. The number of hydrogen-bond acceptors (Lipinski definition) is 2. The van der Waals surface area contributed by atoms with Gasteiger partial charge in [0.25, 0.3) is 0 Å². The first-order valence-electron chi connectivity index (χ1n) is 4.85. The van der Waals surface area contributed by atoms with E-state index in [2.05, 4.69) is 32.1 Å². The lowest BCUT2D eigenvalue weighted by Crippen LogP contribution is -2.06. The van der Waals surface area contributed by atoms with Crippen molar-refractivity contribution >= 4 is 0 Å². The van der Waals surface area contributed by atoms with Gasteiger partial charge in [0.2, 0.25) is 0 Å². The zero-order valence-electron chi connectivity index (χ0n) is 8.49. The van der Waals surface area contributed by atoms with Gasteiger partial charge in [0.15, 0.2) is 0 Å². The summed E-state index contributed by atoms with van der Waals surface area (Å²) in [7, 11) is 0. The lowest BCUT2D eigenvalue weighted by Gasteiger charge is -1.97. The van der Waals surface area contributed by atoms with Crippen LogP contribution in [-0.4, -0.2) is 15.8 Å². The molecule has 1 aromatic rings. The fourth-order valence-corrected chi connectivity index (χ4v) is 2.03. The van der Waals surface area contributed by atoms with Crippen molar-refractivity contribution in [2.24, 2.45) is 11.1 Å². The van der Waals surface area contributed by atoms with Gasteiger partial charge in [-0.1, -0.05) is 13.8 Å². The summed E-state index contributed by atoms with van der Waals surface area (Å²) in [5.41, 5.74) is 7.55. The third kappa shape index (κ3) is 1.18. The van der Waals surface area contributed by atoms with Crippen LogP contribution < -0.4 is 5.73 Å². The van der Waals surface area contributed by atoms with E-state index in [9.17, 15) is 0 Å². The maximum Gasteiger partial charge on any atom is 0.0525 e. The number of rotatable bonds is 2. The molecule has 0 aliphatic heterocycles. The molecule has 1 fully saturated rings.